The molecular weight excluding hydrogens is 235 g/mol. The second-order valence-electron chi connectivity index (χ2n) is 4.83. The SMILES string of the molecule is CC(O)C1CCN(c2nccc(CO)c2F)CC1. The molecule has 0 saturated carbocycles. The van der Waals surface area contributed by atoms with E-state index in [1.54, 1.807) is 6.92 Å². The van der Waals surface area contributed by atoms with E-state index in [0.29, 0.717) is 18.9 Å². The quantitative estimate of drug-likeness (QED) is 0.854. The minimum absolute atomic E-state index is 0.276. The van der Waals surface area contributed by atoms with Crippen molar-refractivity contribution in [2.24, 2.45) is 5.92 Å². The number of rotatable bonds is 3. The Morgan fingerprint density at radius 1 is 1.50 bits per heavy atom. The van der Waals surface area contributed by atoms with Crippen molar-refractivity contribution in [3.05, 3.63) is 23.6 Å². The summed E-state index contributed by atoms with van der Waals surface area (Å²) in [5.41, 5.74) is 0.276. The van der Waals surface area contributed by atoms with Crippen LogP contribution in [0.1, 0.15) is 25.3 Å². The second-order valence-corrected chi connectivity index (χ2v) is 4.83. The minimum atomic E-state index is -0.435. The molecule has 4 nitrogen and oxygen atoms in total. The average Bonchev–Trinajstić information content (AvgIpc) is 2.39. The number of aromatic nitrogens is 1. The molecule has 0 radical (unpaired) electrons. The molecular formula is C13H19FN2O2. The lowest BCUT2D eigenvalue weighted by Crippen LogP contribution is -2.38. The first kappa shape index (κ1) is 13.2. The summed E-state index contributed by atoms with van der Waals surface area (Å²) in [6.07, 6.45) is 2.88. The molecule has 1 atom stereocenters. The van der Waals surface area contributed by atoms with Crippen LogP contribution in [0.15, 0.2) is 12.3 Å². The predicted octanol–water partition coefficient (Wildman–Crippen LogP) is 1.31. The van der Waals surface area contributed by atoms with Gasteiger partial charge in [0.1, 0.15) is 0 Å². The number of hydrogen-bond donors (Lipinski definition) is 2. The summed E-state index contributed by atoms with van der Waals surface area (Å²) in [4.78, 5) is 5.94. The average molecular weight is 254 g/mol. The van der Waals surface area contributed by atoms with Crippen molar-refractivity contribution in [1.29, 1.82) is 0 Å². The van der Waals surface area contributed by atoms with Crippen LogP contribution in [0.4, 0.5) is 10.2 Å². The van der Waals surface area contributed by atoms with E-state index in [1.165, 1.54) is 12.3 Å². The van der Waals surface area contributed by atoms with Crippen LogP contribution in [-0.2, 0) is 6.61 Å². The molecule has 0 spiro atoms. The Morgan fingerprint density at radius 3 is 2.72 bits per heavy atom. The molecule has 1 fully saturated rings. The summed E-state index contributed by atoms with van der Waals surface area (Å²) < 4.78 is 14.0. The fraction of sp³-hybridized carbons (Fsp3) is 0.615. The zero-order valence-electron chi connectivity index (χ0n) is 10.5. The molecule has 1 aliphatic rings. The fourth-order valence-corrected chi connectivity index (χ4v) is 2.41. The molecule has 1 aliphatic heterocycles. The van der Waals surface area contributed by atoms with Gasteiger partial charge in [-0.2, -0.15) is 0 Å². The van der Waals surface area contributed by atoms with Crippen LogP contribution < -0.4 is 4.90 Å². The molecule has 2 N–H and O–H groups in total. The van der Waals surface area contributed by atoms with Gasteiger partial charge < -0.3 is 15.1 Å². The number of hydrogen-bond acceptors (Lipinski definition) is 4. The summed E-state index contributed by atoms with van der Waals surface area (Å²) in [5, 5.41) is 18.6. The smallest absolute Gasteiger partial charge is 0.171 e. The number of piperidine rings is 1. The maximum absolute atomic E-state index is 14.0. The van der Waals surface area contributed by atoms with Crippen molar-refractivity contribution < 1.29 is 14.6 Å². The number of pyridine rings is 1. The Bertz CT molecular complexity index is 404. The Balaban J connectivity index is 2.10. The first-order valence-corrected chi connectivity index (χ1v) is 6.30. The molecule has 1 aromatic heterocycles. The fourth-order valence-electron chi connectivity index (χ4n) is 2.41. The Hall–Kier alpha value is -1.20. The summed E-state index contributed by atoms with van der Waals surface area (Å²) in [6, 6.07) is 1.49. The first-order valence-electron chi connectivity index (χ1n) is 6.30. The van der Waals surface area contributed by atoms with Crippen molar-refractivity contribution in [2.75, 3.05) is 18.0 Å². The maximum Gasteiger partial charge on any atom is 0.171 e. The van der Waals surface area contributed by atoms with Gasteiger partial charge in [-0.25, -0.2) is 9.37 Å². The van der Waals surface area contributed by atoms with Gasteiger partial charge in [-0.3, -0.25) is 0 Å². The lowest BCUT2D eigenvalue weighted by Gasteiger charge is -2.34. The highest BCUT2D eigenvalue weighted by molar-refractivity contribution is 5.43. The molecule has 1 unspecified atom stereocenters. The van der Waals surface area contributed by atoms with Gasteiger partial charge in [0, 0.05) is 24.8 Å². The van der Waals surface area contributed by atoms with E-state index in [2.05, 4.69) is 4.98 Å². The normalized spacial score (nSPS) is 19.0. The lowest BCUT2D eigenvalue weighted by atomic mass is 9.92. The topological polar surface area (TPSA) is 56.6 Å². The molecule has 0 amide bonds. The molecule has 5 heteroatoms. The van der Waals surface area contributed by atoms with E-state index in [0.717, 1.165) is 12.8 Å². The molecule has 2 heterocycles. The molecule has 0 bridgehead atoms. The van der Waals surface area contributed by atoms with E-state index < -0.39 is 5.82 Å². The molecule has 0 aromatic carbocycles. The van der Waals surface area contributed by atoms with Crippen molar-refractivity contribution in [2.45, 2.75) is 32.5 Å². The monoisotopic (exact) mass is 254 g/mol. The number of halogens is 1. The number of nitrogens with zero attached hydrogens (tertiary/aromatic N) is 2. The molecule has 1 saturated heterocycles. The van der Waals surface area contributed by atoms with Crippen LogP contribution in [0.2, 0.25) is 0 Å². The van der Waals surface area contributed by atoms with Gasteiger partial charge in [-0.1, -0.05) is 0 Å². The summed E-state index contributed by atoms with van der Waals surface area (Å²) in [6.45, 7) is 2.86. The van der Waals surface area contributed by atoms with Crippen molar-refractivity contribution in [3.63, 3.8) is 0 Å². The largest absolute Gasteiger partial charge is 0.393 e. The lowest BCUT2D eigenvalue weighted by molar-refractivity contribution is 0.109. The van der Waals surface area contributed by atoms with Gasteiger partial charge in [0.15, 0.2) is 11.6 Å². The minimum Gasteiger partial charge on any atom is -0.393 e. The zero-order chi connectivity index (χ0) is 13.1. The van der Waals surface area contributed by atoms with Crippen molar-refractivity contribution in [1.82, 2.24) is 4.98 Å². The number of anilines is 1. The summed E-state index contributed by atoms with van der Waals surface area (Å²) in [5.74, 6) is 0.159. The van der Waals surface area contributed by atoms with E-state index in [9.17, 15) is 9.50 Å². The Kier molecular flexibility index (Phi) is 4.14. The van der Waals surface area contributed by atoms with Crippen LogP contribution in [0.5, 0.6) is 0 Å². The van der Waals surface area contributed by atoms with E-state index in [-0.39, 0.29) is 24.2 Å². The van der Waals surface area contributed by atoms with Crippen LogP contribution in [0.3, 0.4) is 0 Å². The van der Waals surface area contributed by atoms with Crippen LogP contribution >= 0.6 is 0 Å². The summed E-state index contributed by atoms with van der Waals surface area (Å²) in [7, 11) is 0. The molecule has 0 aliphatic carbocycles. The van der Waals surface area contributed by atoms with Crippen molar-refractivity contribution in [3.8, 4) is 0 Å². The zero-order valence-corrected chi connectivity index (χ0v) is 10.5. The highest BCUT2D eigenvalue weighted by Crippen LogP contribution is 2.26. The van der Waals surface area contributed by atoms with Crippen LogP contribution in [-0.4, -0.2) is 34.4 Å². The standard InChI is InChI=1S/C13H19FN2O2/c1-9(18)10-3-6-16(7-4-10)13-12(14)11(8-17)2-5-15-13/h2,5,9-10,17-18H,3-4,6-8H2,1H3. The van der Waals surface area contributed by atoms with Gasteiger partial charge in [0.25, 0.3) is 0 Å². The third kappa shape index (κ3) is 2.62. The van der Waals surface area contributed by atoms with Gasteiger partial charge in [0.05, 0.1) is 12.7 Å². The van der Waals surface area contributed by atoms with Crippen molar-refractivity contribution >= 4 is 5.82 Å². The van der Waals surface area contributed by atoms with Gasteiger partial charge in [-0.15, -0.1) is 0 Å². The molecule has 18 heavy (non-hydrogen) atoms. The summed E-state index contributed by atoms with van der Waals surface area (Å²) >= 11 is 0. The molecule has 100 valence electrons. The first-order chi connectivity index (χ1) is 8.63. The Labute approximate surface area is 106 Å². The number of aliphatic hydroxyl groups excluding tert-OH is 2. The van der Waals surface area contributed by atoms with E-state index >= 15 is 0 Å². The molecule has 2 rings (SSSR count). The third-order valence-corrected chi connectivity index (χ3v) is 3.64. The van der Waals surface area contributed by atoms with E-state index in [4.69, 9.17) is 5.11 Å². The number of aliphatic hydroxyl groups is 2. The third-order valence-electron chi connectivity index (χ3n) is 3.64. The van der Waals surface area contributed by atoms with E-state index in [1.807, 2.05) is 4.90 Å². The second kappa shape index (κ2) is 5.63. The highest BCUT2D eigenvalue weighted by atomic mass is 19.1. The van der Waals surface area contributed by atoms with Gasteiger partial charge in [-0.05, 0) is 31.7 Å². The maximum atomic E-state index is 14.0. The van der Waals surface area contributed by atoms with Gasteiger partial charge in [0.2, 0.25) is 0 Å². The predicted molar refractivity (Wildman–Crippen MR) is 66.7 cm³/mol. The Morgan fingerprint density at radius 2 is 2.17 bits per heavy atom. The molecule has 1 aromatic rings. The van der Waals surface area contributed by atoms with Crippen LogP contribution in [0.25, 0.3) is 0 Å². The highest BCUT2D eigenvalue weighted by Gasteiger charge is 2.25. The van der Waals surface area contributed by atoms with Crippen LogP contribution in [0, 0.1) is 11.7 Å². The van der Waals surface area contributed by atoms with Gasteiger partial charge >= 0.3 is 0 Å².